The first kappa shape index (κ1) is 16.7. The second-order valence-electron chi connectivity index (χ2n) is 5.75. The van der Waals surface area contributed by atoms with Crippen LogP contribution in [0.25, 0.3) is 0 Å². The Labute approximate surface area is 133 Å². The molecule has 0 heterocycles. The van der Waals surface area contributed by atoms with E-state index in [1.807, 2.05) is 0 Å². The van der Waals surface area contributed by atoms with E-state index in [1.165, 1.54) is 6.07 Å². The van der Waals surface area contributed by atoms with Gasteiger partial charge < -0.3 is 5.73 Å². The van der Waals surface area contributed by atoms with Crippen molar-refractivity contribution >= 4 is 31.6 Å². The molecule has 21 heavy (non-hydrogen) atoms. The zero-order chi connectivity index (χ0) is 15.6. The maximum absolute atomic E-state index is 14.1. The van der Waals surface area contributed by atoms with Crippen LogP contribution in [0, 0.1) is 11.7 Å². The van der Waals surface area contributed by atoms with Crippen molar-refractivity contribution in [1.82, 2.24) is 4.72 Å². The number of halogens is 2. The van der Waals surface area contributed by atoms with Gasteiger partial charge in [-0.25, -0.2) is 17.5 Å². The smallest absolute Gasteiger partial charge is 0.243 e. The fourth-order valence-electron chi connectivity index (χ4n) is 2.67. The number of nitrogens with two attached hydrogens (primary N) is 1. The highest BCUT2D eigenvalue weighted by Crippen LogP contribution is 2.28. The Kier molecular flexibility index (Phi) is 5.27. The standard InChI is InChI=1S/C14H20BrFN2O2S/c1-9-3-2-4-11(6-5-9)18-21(19,20)13-8-10(17)7-12(15)14(13)16/h7-9,11,18H,2-6,17H2,1H3. The number of sulfonamides is 1. The van der Waals surface area contributed by atoms with Crippen LogP contribution in [-0.2, 0) is 10.0 Å². The number of hydrogen-bond donors (Lipinski definition) is 2. The van der Waals surface area contributed by atoms with Crippen LogP contribution in [0.4, 0.5) is 10.1 Å². The van der Waals surface area contributed by atoms with Gasteiger partial charge in [-0.2, -0.15) is 0 Å². The van der Waals surface area contributed by atoms with E-state index >= 15 is 0 Å². The van der Waals surface area contributed by atoms with Crippen LogP contribution in [-0.4, -0.2) is 14.5 Å². The lowest BCUT2D eigenvalue weighted by Gasteiger charge is -2.17. The summed E-state index contributed by atoms with van der Waals surface area (Å²) in [5.74, 6) is -0.198. The molecule has 2 atom stereocenters. The molecule has 0 radical (unpaired) electrons. The minimum atomic E-state index is -3.90. The minimum Gasteiger partial charge on any atom is -0.399 e. The van der Waals surface area contributed by atoms with E-state index < -0.39 is 20.7 Å². The molecule has 0 aromatic heterocycles. The molecule has 0 bridgehead atoms. The van der Waals surface area contributed by atoms with Gasteiger partial charge in [0.2, 0.25) is 10.0 Å². The van der Waals surface area contributed by atoms with Crippen LogP contribution >= 0.6 is 15.9 Å². The van der Waals surface area contributed by atoms with Gasteiger partial charge in [-0.3, -0.25) is 0 Å². The maximum Gasteiger partial charge on any atom is 0.243 e. The van der Waals surface area contributed by atoms with E-state index in [-0.39, 0.29) is 16.2 Å². The summed E-state index contributed by atoms with van der Waals surface area (Å²) in [7, 11) is -3.90. The number of nitrogen functional groups attached to an aromatic ring is 1. The van der Waals surface area contributed by atoms with Gasteiger partial charge in [0, 0.05) is 11.7 Å². The summed E-state index contributed by atoms with van der Waals surface area (Å²) in [6.45, 7) is 2.17. The Bertz CT molecular complexity index is 622. The van der Waals surface area contributed by atoms with Crippen LogP contribution in [0.2, 0.25) is 0 Å². The molecular formula is C14H20BrFN2O2S. The fraction of sp³-hybridized carbons (Fsp3) is 0.571. The van der Waals surface area contributed by atoms with Crippen LogP contribution in [0.5, 0.6) is 0 Å². The Morgan fingerprint density at radius 3 is 2.71 bits per heavy atom. The minimum absolute atomic E-state index is 0.0531. The van der Waals surface area contributed by atoms with Gasteiger partial charge in [0.25, 0.3) is 0 Å². The lowest BCUT2D eigenvalue weighted by atomic mass is 10.0. The molecule has 1 fully saturated rings. The van der Waals surface area contributed by atoms with Gasteiger partial charge >= 0.3 is 0 Å². The number of benzene rings is 1. The van der Waals surface area contributed by atoms with Crippen molar-refractivity contribution in [2.45, 2.75) is 50.0 Å². The van der Waals surface area contributed by atoms with E-state index in [9.17, 15) is 12.8 Å². The average Bonchev–Trinajstić information content (AvgIpc) is 2.58. The van der Waals surface area contributed by atoms with Crippen LogP contribution in [0.15, 0.2) is 21.5 Å². The third kappa shape index (κ3) is 4.17. The number of nitrogens with one attached hydrogen (secondary N) is 1. The lowest BCUT2D eigenvalue weighted by molar-refractivity contribution is 0.482. The summed E-state index contributed by atoms with van der Waals surface area (Å²) in [6, 6.07) is 2.36. The van der Waals surface area contributed by atoms with Gasteiger partial charge in [-0.15, -0.1) is 0 Å². The maximum atomic E-state index is 14.1. The van der Waals surface area contributed by atoms with Crippen molar-refractivity contribution in [3.63, 3.8) is 0 Å². The predicted molar refractivity (Wildman–Crippen MR) is 84.9 cm³/mol. The third-order valence-electron chi connectivity index (χ3n) is 3.89. The van der Waals surface area contributed by atoms with Crippen molar-refractivity contribution in [2.24, 2.45) is 5.92 Å². The zero-order valence-corrected chi connectivity index (χ0v) is 14.3. The molecule has 118 valence electrons. The quantitative estimate of drug-likeness (QED) is 0.625. The summed E-state index contributed by atoms with van der Waals surface area (Å²) in [5.41, 5.74) is 5.82. The second-order valence-corrected chi connectivity index (χ2v) is 8.28. The monoisotopic (exact) mass is 378 g/mol. The molecule has 7 heteroatoms. The Hall–Kier alpha value is -0.660. The third-order valence-corrected chi connectivity index (χ3v) is 5.98. The zero-order valence-electron chi connectivity index (χ0n) is 11.9. The largest absolute Gasteiger partial charge is 0.399 e. The summed E-state index contributed by atoms with van der Waals surface area (Å²) in [4.78, 5) is -0.397. The highest BCUT2D eigenvalue weighted by atomic mass is 79.9. The van der Waals surface area contributed by atoms with E-state index in [4.69, 9.17) is 5.73 Å². The molecule has 0 saturated heterocycles. The first-order valence-corrected chi connectivity index (χ1v) is 9.34. The van der Waals surface area contributed by atoms with Crippen molar-refractivity contribution in [2.75, 3.05) is 5.73 Å². The van der Waals surface area contributed by atoms with Gasteiger partial charge in [0.15, 0.2) is 5.82 Å². The summed E-state index contributed by atoms with van der Waals surface area (Å²) >= 11 is 2.99. The first-order valence-electron chi connectivity index (χ1n) is 7.06. The molecule has 2 rings (SSSR count). The van der Waals surface area contributed by atoms with Crippen molar-refractivity contribution in [3.8, 4) is 0 Å². The molecule has 1 aliphatic carbocycles. The topological polar surface area (TPSA) is 72.2 Å². The number of hydrogen-bond acceptors (Lipinski definition) is 3. The molecule has 1 saturated carbocycles. The number of rotatable bonds is 3. The predicted octanol–water partition coefficient (Wildman–Crippen LogP) is 3.42. The van der Waals surface area contributed by atoms with Crippen molar-refractivity contribution < 1.29 is 12.8 Å². The van der Waals surface area contributed by atoms with E-state index in [2.05, 4.69) is 27.6 Å². The molecule has 2 unspecified atom stereocenters. The molecule has 1 aromatic rings. The van der Waals surface area contributed by atoms with E-state index in [1.54, 1.807) is 0 Å². The molecule has 0 aliphatic heterocycles. The summed E-state index contributed by atoms with van der Waals surface area (Å²) in [6.07, 6.45) is 4.64. The molecule has 4 nitrogen and oxygen atoms in total. The molecule has 1 aromatic carbocycles. The van der Waals surface area contributed by atoms with Gasteiger partial charge in [-0.05, 0) is 53.2 Å². The summed E-state index contributed by atoms with van der Waals surface area (Å²) < 4.78 is 41.5. The Balaban J connectivity index is 2.22. The first-order chi connectivity index (χ1) is 9.79. The van der Waals surface area contributed by atoms with Crippen LogP contribution in [0.1, 0.15) is 39.0 Å². The van der Waals surface area contributed by atoms with Gasteiger partial charge in [0.1, 0.15) is 4.90 Å². The van der Waals surface area contributed by atoms with E-state index in [0.29, 0.717) is 5.92 Å². The van der Waals surface area contributed by atoms with E-state index in [0.717, 1.165) is 38.2 Å². The number of anilines is 1. The molecule has 1 aliphatic rings. The van der Waals surface area contributed by atoms with Crippen molar-refractivity contribution in [1.29, 1.82) is 0 Å². The van der Waals surface area contributed by atoms with Crippen LogP contribution < -0.4 is 10.5 Å². The van der Waals surface area contributed by atoms with Crippen molar-refractivity contribution in [3.05, 3.63) is 22.4 Å². The van der Waals surface area contributed by atoms with Crippen LogP contribution in [0.3, 0.4) is 0 Å². The van der Waals surface area contributed by atoms with Gasteiger partial charge in [0.05, 0.1) is 4.47 Å². The highest BCUT2D eigenvalue weighted by molar-refractivity contribution is 9.10. The normalized spacial score (nSPS) is 23.8. The SMILES string of the molecule is CC1CCCC(NS(=O)(=O)c2cc(N)cc(Br)c2F)CC1. The fourth-order valence-corrected chi connectivity index (χ4v) is 4.71. The van der Waals surface area contributed by atoms with Gasteiger partial charge in [-0.1, -0.05) is 19.8 Å². The lowest BCUT2D eigenvalue weighted by Crippen LogP contribution is -2.35. The molecule has 0 amide bonds. The Morgan fingerprint density at radius 1 is 1.29 bits per heavy atom. The highest BCUT2D eigenvalue weighted by Gasteiger charge is 2.26. The molecular weight excluding hydrogens is 359 g/mol. The Morgan fingerprint density at radius 2 is 2.00 bits per heavy atom. The summed E-state index contributed by atoms with van der Waals surface area (Å²) in [5, 5.41) is 0. The average molecular weight is 379 g/mol. The molecule has 0 spiro atoms. The molecule has 3 N–H and O–H groups in total. The second kappa shape index (κ2) is 6.62.